The summed E-state index contributed by atoms with van der Waals surface area (Å²) in [6.07, 6.45) is -1.20. The van der Waals surface area contributed by atoms with Gasteiger partial charge in [0.25, 0.3) is 5.91 Å². The van der Waals surface area contributed by atoms with E-state index in [1.165, 1.54) is 11.8 Å². The average Bonchev–Trinajstić information content (AvgIpc) is 3.28. The maximum absolute atomic E-state index is 15.2. The summed E-state index contributed by atoms with van der Waals surface area (Å²) in [5.74, 6) is -1.12. The Kier molecular flexibility index (Phi) is 6.42. The number of primary amides is 1. The highest BCUT2D eigenvalue weighted by Crippen LogP contribution is 2.27. The fraction of sp³-hybridized carbons (Fsp3) is 0.450. The molecule has 2 heterocycles. The number of aliphatic hydroxyl groups is 1. The first-order valence-corrected chi connectivity index (χ1v) is 10.2. The summed E-state index contributed by atoms with van der Waals surface area (Å²) in [6, 6.07) is 2.93. The van der Waals surface area contributed by atoms with Crippen LogP contribution >= 0.6 is 11.6 Å². The highest BCUT2D eigenvalue weighted by atomic mass is 35.5. The van der Waals surface area contributed by atoms with Gasteiger partial charge in [-0.2, -0.15) is 0 Å². The van der Waals surface area contributed by atoms with E-state index in [-0.39, 0.29) is 31.7 Å². The molecule has 168 valence electrons. The summed E-state index contributed by atoms with van der Waals surface area (Å²) < 4.78 is 15.2. The summed E-state index contributed by atoms with van der Waals surface area (Å²) in [4.78, 5) is 40.3. The lowest BCUT2D eigenvalue weighted by Crippen LogP contribution is -2.55. The number of nitrogens with zero attached hydrogens (tertiary/aromatic N) is 1. The Bertz CT molecular complexity index is 1030. The summed E-state index contributed by atoms with van der Waals surface area (Å²) in [5.41, 5.74) is 5.08. The van der Waals surface area contributed by atoms with Crippen LogP contribution in [-0.4, -0.2) is 70.3 Å². The summed E-state index contributed by atoms with van der Waals surface area (Å²) in [6.45, 7) is 2.70. The number of amides is 4. The number of aromatic amines is 1. The second-order valence-corrected chi connectivity index (χ2v) is 8.37. The van der Waals surface area contributed by atoms with Crippen molar-refractivity contribution in [3.63, 3.8) is 0 Å². The molecule has 3 rings (SSSR count). The molecule has 1 aliphatic rings. The van der Waals surface area contributed by atoms with E-state index < -0.39 is 35.7 Å². The fourth-order valence-corrected chi connectivity index (χ4v) is 4.01. The largest absolute Gasteiger partial charge is 0.391 e. The van der Waals surface area contributed by atoms with E-state index in [0.29, 0.717) is 10.5 Å². The topological polar surface area (TPSA) is 141 Å². The number of nitrogens with two attached hydrogens (primary N) is 1. The molecule has 1 fully saturated rings. The Labute approximate surface area is 183 Å². The van der Waals surface area contributed by atoms with Gasteiger partial charge in [0.2, 0.25) is 5.91 Å². The number of nitrogens with one attached hydrogen (secondary N) is 3. The van der Waals surface area contributed by atoms with E-state index in [9.17, 15) is 19.5 Å². The van der Waals surface area contributed by atoms with Gasteiger partial charge in [-0.15, -0.1) is 0 Å². The van der Waals surface area contributed by atoms with E-state index in [1.54, 1.807) is 18.2 Å². The normalized spacial score (nSPS) is 20.5. The van der Waals surface area contributed by atoms with Crippen molar-refractivity contribution in [2.75, 3.05) is 19.6 Å². The summed E-state index contributed by atoms with van der Waals surface area (Å²) in [5, 5.41) is 15.9. The smallest absolute Gasteiger partial charge is 0.312 e. The van der Waals surface area contributed by atoms with Gasteiger partial charge in [-0.1, -0.05) is 11.6 Å². The van der Waals surface area contributed by atoms with Crippen molar-refractivity contribution < 1.29 is 23.9 Å². The zero-order valence-electron chi connectivity index (χ0n) is 17.2. The molecule has 11 heteroatoms. The minimum Gasteiger partial charge on any atom is -0.391 e. The second kappa shape index (κ2) is 8.72. The number of hydrogen-bond donors (Lipinski definition) is 5. The number of aliphatic hydroxyl groups excluding tert-OH is 1. The third kappa shape index (κ3) is 5.08. The van der Waals surface area contributed by atoms with Crippen molar-refractivity contribution in [2.45, 2.75) is 38.1 Å². The predicted octanol–water partition coefficient (Wildman–Crippen LogP) is 1.22. The number of aromatic nitrogens is 1. The van der Waals surface area contributed by atoms with Crippen LogP contribution in [-0.2, 0) is 4.79 Å². The van der Waals surface area contributed by atoms with Crippen LogP contribution in [0.4, 0.5) is 9.18 Å². The number of likely N-dealkylation sites (tertiary alicyclic amines) is 1. The lowest BCUT2D eigenvalue weighted by molar-refractivity contribution is -0.135. The first-order chi connectivity index (χ1) is 14.5. The first kappa shape index (κ1) is 22.8. The number of carbonyl (C=O) groups is 3. The SMILES string of the molecule is Cc1cc(Cl)cc2[nH]c(C(=O)NCC3(F)CCN(C(=O)C(NC(N)=O)C(C)O)C3)cc12. The summed E-state index contributed by atoms with van der Waals surface area (Å²) in [7, 11) is 0. The quantitative estimate of drug-likeness (QED) is 0.448. The molecule has 1 saturated heterocycles. The van der Waals surface area contributed by atoms with Gasteiger partial charge in [0.1, 0.15) is 17.4 Å². The van der Waals surface area contributed by atoms with E-state index in [0.717, 1.165) is 10.9 Å². The number of alkyl halides is 1. The third-order valence-corrected chi connectivity index (χ3v) is 5.60. The minimum atomic E-state index is -1.84. The van der Waals surface area contributed by atoms with Crippen LogP contribution in [0.1, 0.15) is 29.4 Å². The molecular formula is C20H25ClFN5O4. The number of urea groups is 1. The molecule has 3 atom stereocenters. The van der Waals surface area contributed by atoms with Gasteiger partial charge in [0.05, 0.1) is 19.2 Å². The molecule has 3 unspecified atom stereocenters. The van der Waals surface area contributed by atoms with E-state index >= 15 is 4.39 Å². The molecule has 1 aliphatic heterocycles. The number of rotatable bonds is 6. The number of benzene rings is 1. The number of carbonyl (C=O) groups excluding carboxylic acids is 3. The standard InChI is InChI=1S/C20H25ClFN5O4/c1-10-5-12(21)6-14-13(10)7-15(25-14)17(29)24-8-20(22)3-4-27(9-20)18(30)16(11(2)28)26-19(23)31/h5-7,11,16,25,28H,3-4,8-9H2,1-2H3,(H,24,29)(H3,23,26,31). The molecular weight excluding hydrogens is 429 g/mol. The lowest BCUT2D eigenvalue weighted by atomic mass is 10.1. The van der Waals surface area contributed by atoms with Gasteiger partial charge in [0.15, 0.2) is 0 Å². The van der Waals surface area contributed by atoms with Gasteiger partial charge in [0, 0.05) is 28.9 Å². The molecule has 1 aromatic carbocycles. The number of hydrogen-bond acceptors (Lipinski definition) is 4. The van der Waals surface area contributed by atoms with Gasteiger partial charge < -0.3 is 31.4 Å². The molecule has 0 bridgehead atoms. The Balaban J connectivity index is 1.63. The molecule has 0 radical (unpaired) electrons. The monoisotopic (exact) mass is 453 g/mol. The van der Waals surface area contributed by atoms with Gasteiger partial charge in [-0.05, 0) is 37.6 Å². The molecule has 0 spiro atoms. The number of aryl methyl sites for hydroxylation is 1. The van der Waals surface area contributed by atoms with Crippen LogP contribution in [0, 0.1) is 6.92 Å². The highest BCUT2D eigenvalue weighted by Gasteiger charge is 2.43. The molecule has 6 N–H and O–H groups in total. The third-order valence-electron chi connectivity index (χ3n) is 5.38. The molecule has 0 aliphatic carbocycles. The van der Waals surface area contributed by atoms with Crippen molar-refractivity contribution in [1.82, 2.24) is 20.5 Å². The van der Waals surface area contributed by atoms with Crippen molar-refractivity contribution in [3.8, 4) is 0 Å². The van der Waals surface area contributed by atoms with Crippen molar-refractivity contribution in [2.24, 2.45) is 5.73 Å². The Morgan fingerprint density at radius 3 is 2.74 bits per heavy atom. The van der Waals surface area contributed by atoms with Crippen LogP contribution in [0.25, 0.3) is 10.9 Å². The molecule has 0 saturated carbocycles. The van der Waals surface area contributed by atoms with Gasteiger partial charge in [-0.25, -0.2) is 9.18 Å². The highest BCUT2D eigenvalue weighted by molar-refractivity contribution is 6.31. The maximum Gasteiger partial charge on any atom is 0.312 e. The van der Waals surface area contributed by atoms with Crippen LogP contribution < -0.4 is 16.4 Å². The van der Waals surface area contributed by atoms with E-state index in [1.807, 2.05) is 6.92 Å². The predicted molar refractivity (Wildman–Crippen MR) is 114 cm³/mol. The van der Waals surface area contributed by atoms with Crippen LogP contribution in [0.2, 0.25) is 5.02 Å². The first-order valence-electron chi connectivity index (χ1n) is 9.78. The van der Waals surface area contributed by atoms with Crippen molar-refractivity contribution >= 4 is 40.3 Å². The van der Waals surface area contributed by atoms with Crippen LogP contribution in [0.5, 0.6) is 0 Å². The molecule has 4 amide bonds. The molecule has 1 aromatic heterocycles. The number of halogens is 2. The lowest BCUT2D eigenvalue weighted by Gasteiger charge is -2.26. The van der Waals surface area contributed by atoms with Crippen molar-refractivity contribution in [1.29, 1.82) is 0 Å². The van der Waals surface area contributed by atoms with Gasteiger partial charge >= 0.3 is 6.03 Å². The molecule has 31 heavy (non-hydrogen) atoms. The van der Waals surface area contributed by atoms with Crippen molar-refractivity contribution in [3.05, 3.63) is 34.5 Å². The zero-order chi connectivity index (χ0) is 22.9. The Hall–Kier alpha value is -2.85. The molecule has 9 nitrogen and oxygen atoms in total. The Morgan fingerprint density at radius 2 is 2.10 bits per heavy atom. The maximum atomic E-state index is 15.2. The zero-order valence-corrected chi connectivity index (χ0v) is 17.9. The summed E-state index contributed by atoms with van der Waals surface area (Å²) >= 11 is 6.04. The van der Waals surface area contributed by atoms with Crippen LogP contribution in [0.3, 0.4) is 0 Å². The minimum absolute atomic E-state index is 0.00351. The average molecular weight is 454 g/mol. The fourth-order valence-electron chi connectivity index (χ4n) is 3.74. The van der Waals surface area contributed by atoms with E-state index in [2.05, 4.69) is 15.6 Å². The van der Waals surface area contributed by atoms with Gasteiger partial charge in [-0.3, -0.25) is 9.59 Å². The number of H-pyrrole nitrogens is 1. The van der Waals surface area contributed by atoms with E-state index in [4.69, 9.17) is 17.3 Å². The van der Waals surface area contributed by atoms with Crippen LogP contribution in [0.15, 0.2) is 18.2 Å². The molecule has 2 aromatic rings. The Morgan fingerprint density at radius 1 is 1.39 bits per heavy atom. The number of fused-ring (bicyclic) bond motifs is 1. The second-order valence-electron chi connectivity index (χ2n) is 7.94.